The van der Waals surface area contributed by atoms with Gasteiger partial charge in [0, 0.05) is 21.9 Å². The largest absolute Gasteiger partial charge is 0.393 e. The number of likely N-dealkylation sites (tertiary alicyclic amines) is 1. The van der Waals surface area contributed by atoms with Crippen molar-refractivity contribution in [3.8, 4) is 0 Å². The summed E-state index contributed by atoms with van der Waals surface area (Å²) in [6.45, 7) is 3.35. The quantitative estimate of drug-likeness (QED) is 0.664. The summed E-state index contributed by atoms with van der Waals surface area (Å²) in [5.41, 5.74) is 2.51. The SMILES string of the molecule is O=C(CC(O)CCc1ccc(CN2CCCC2)s1)ONC(=O)c1ccccc1. The molecule has 0 aliphatic carbocycles. The Kier molecular flexibility index (Phi) is 7.59. The number of benzene rings is 1. The molecule has 0 spiro atoms. The van der Waals surface area contributed by atoms with E-state index in [0.29, 0.717) is 12.0 Å². The molecule has 1 aliphatic rings. The van der Waals surface area contributed by atoms with Crippen LogP contribution in [0, 0.1) is 0 Å². The smallest absolute Gasteiger partial charge is 0.334 e. The maximum Gasteiger partial charge on any atom is 0.334 e. The van der Waals surface area contributed by atoms with Gasteiger partial charge in [-0.15, -0.1) is 11.3 Å². The Morgan fingerprint density at radius 3 is 2.57 bits per heavy atom. The standard InChI is InChI=1S/C21H26N2O4S/c24-17(14-20(25)27-22-21(26)16-6-2-1-3-7-16)8-9-18-10-11-19(28-18)15-23-12-4-5-13-23/h1-3,6-7,10-11,17,24H,4-5,8-9,12-15H2,(H,22,26). The predicted molar refractivity (Wildman–Crippen MR) is 108 cm³/mol. The average Bonchev–Trinajstić information content (AvgIpc) is 3.37. The summed E-state index contributed by atoms with van der Waals surface area (Å²) in [6.07, 6.45) is 2.81. The van der Waals surface area contributed by atoms with E-state index in [4.69, 9.17) is 4.84 Å². The van der Waals surface area contributed by atoms with Crippen LogP contribution < -0.4 is 5.48 Å². The Bertz CT molecular complexity index is 772. The predicted octanol–water partition coefficient (Wildman–Crippen LogP) is 2.92. The van der Waals surface area contributed by atoms with Crippen molar-refractivity contribution in [2.24, 2.45) is 0 Å². The minimum absolute atomic E-state index is 0.152. The third-order valence-electron chi connectivity index (χ3n) is 4.72. The molecule has 150 valence electrons. The van der Waals surface area contributed by atoms with E-state index in [1.807, 2.05) is 0 Å². The van der Waals surface area contributed by atoms with Crippen molar-refractivity contribution in [1.82, 2.24) is 10.4 Å². The summed E-state index contributed by atoms with van der Waals surface area (Å²) in [6, 6.07) is 12.7. The molecule has 7 heteroatoms. The molecule has 6 nitrogen and oxygen atoms in total. The van der Waals surface area contributed by atoms with Crippen LogP contribution in [0.25, 0.3) is 0 Å². The molecule has 1 aliphatic heterocycles. The molecule has 1 aromatic carbocycles. The topological polar surface area (TPSA) is 78.9 Å². The lowest BCUT2D eigenvalue weighted by molar-refractivity contribution is -0.151. The lowest BCUT2D eigenvalue weighted by Crippen LogP contribution is -2.28. The highest BCUT2D eigenvalue weighted by Gasteiger charge is 2.16. The number of rotatable bonds is 8. The molecule has 1 atom stereocenters. The molecule has 1 aromatic heterocycles. The van der Waals surface area contributed by atoms with Gasteiger partial charge in [-0.2, -0.15) is 5.48 Å². The van der Waals surface area contributed by atoms with Gasteiger partial charge in [0.15, 0.2) is 0 Å². The van der Waals surface area contributed by atoms with E-state index in [9.17, 15) is 14.7 Å². The van der Waals surface area contributed by atoms with Gasteiger partial charge in [-0.25, -0.2) is 4.79 Å². The number of nitrogens with one attached hydrogen (secondary N) is 1. The van der Waals surface area contributed by atoms with E-state index >= 15 is 0 Å². The molecule has 0 radical (unpaired) electrons. The first-order valence-corrected chi connectivity index (χ1v) is 10.4. The lowest BCUT2D eigenvalue weighted by atomic mass is 10.1. The van der Waals surface area contributed by atoms with Crippen molar-refractivity contribution in [3.63, 3.8) is 0 Å². The number of thiophene rings is 1. The fourth-order valence-corrected chi connectivity index (χ4v) is 4.28. The summed E-state index contributed by atoms with van der Waals surface area (Å²) >= 11 is 1.77. The van der Waals surface area contributed by atoms with Crippen LogP contribution in [0.2, 0.25) is 0 Å². The molecule has 0 bridgehead atoms. The third-order valence-corrected chi connectivity index (χ3v) is 5.84. The first-order chi connectivity index (χ1) is 13.6. The Balaban J connectivity index is 1.34. The highest BCUT2D eigenvalue weighted by molar-refractivity contribution is 7.11. The van der Waals surface area contributed by atoms with Crippen molar-refractivity contribution in [1.29, 1.82) is 0 Å². The average molecular weight is 403 g/mol. The minimum atomic E-state index is -0.801. The van der Waals surface area contributed by atoms with E-state index in [-0.39, 0.29) is 6.42 Å². The second-order valence-electron chi connectivity index (χ2n) is 7.02. The fraction of sp³-hybridized carbons (Fsp3) is 0.429. The van der Waals surface area contributed by atoms with Gasteiger partial charge >= 0.3 is 5.97 Å². The van der Waals surface area contributed by atoms with Crippen LogP contribution in [0.3, 0.4) is 0 Å². The van der Waals surface area contributed by atoms with E-state index in [2.05, 4.69) is 22.5 Å². The van der Waals surface area contributed by atoms with Crippen molar-refractivity contribution in [2.75, 3.05) is 13.1 Å². The summed E-state index contributed by atoms with van der Waals surface area (Å²) in [5.74, 6) is -1.15. The van der Waals surface area contributed by atoms with Crippen LogP contribution in [-0.2, 0) is 22.6 Å². The van der Waals surface area contributed by atoms with Gasteiger partial charge in [-0.05, 0) is 63.0 Å². The van der Waals surface area contributed by atoms with Gasteiger partial charge in [0.05, 0.1) is 12.5 Å². The minimum Gasteiger partial charge on any atom is -0.393 e. The summed E-state index contributed by atoms with van der Waals surface area (Å²) in [5, 5.41) is 10.1. The number of carbonyl (C=O) groups excluding carboxylic acids is 2. The zero-order valence-corrected chi connectivity index (χ0v) is 16.6. The number of aliphatic hydroxyl groups is 1. The van der Waals surface area contributed by atoms with Crippen LogP contribution in [0.5, 0.6) is 0 Å². The summed E-state index contributed by atoms with van der Waals surface area (Å²) < 4.78 is 0. The van der Waals surface area contributed by atoms with Crippen molar-refractivity contribution in [3.05, 3.63) is 57.8 Å². The number of hydrogen-bond donors (Lipinski definition) is 2. The molecular weight excluding hydrogens is 376 g/mol. The second kappa shape index (κ2) is 10.4. The molecule has 28 heavy (non-hydrogen) atoms. The van der Waals surface area contributed by atoms with Crippen LogP contribution >= 0.6 is 11.3 Å². The molecule has 3 rings (SSSR count). The molecule has 2 N–H and O–H groups in total. The van der Waals surface area contributed by atoms with E-state index in [0.717, 1.165) is 13.0 Å². The molecule has 1 amide bonds. The summed E-state index contributed by atoms with van der Waals surface area (Å²) in [7, 11) is 0. The van der Waals surface area contributed by atoms with Crippen molar-refractivity contribution < 1.29 is 19.5 Å². The van der Waals surface area contributed by atoms with Crippen LogP contribution in [0.1, 0.15) is 45.8 Å². The third kappa shape index (κ3) is 6.44. The highest BCUT2D eigenvalue weighted by atomic mass is 32.1. The maximum atomic E-state index is 11.8. The Hall–Kier alpha value is -2.22. The van der Waals surface area contributed by atoms with Gasteiger partial charge in [0.2, 0.25) is 0 Å². The Morgan fingerprint density at radius 1 is 1.11 bits per heavy atom. The van der Waals surface area contributed by atoms with Crippen molar-refractivity contribution in [2.45, 2.75) is 44.8 Å². The molecule has 2 aromatic rings. The lowest BCUT2D eigenvalue weighted by Gasteiger charge is -2.12. The first kappa shape index (κ1) is 20.5. The maximum absolute atomic E-state index is 11.8. The number of hydrogen-bond acceptors (Lipinski definition) is 6. The monoisotopic (exact) mass is 402 g/mol. The molecule has 1 saturated heterocycles. The number of nitrogens with zero attached hydrogens (tertiary/aromatic N) is 1. The Labute approximate surface area is 169 Å². The van der Waals surface area contributed by atoms with Crippen LogP contribution in [0.15, 0.2) is 42.5 Å². The fourth-order valence-electron chi connectivity index (χ4n) is 3.20. The number of amides is 1. The summed E-state index contributed by atoms with van der Waals surface area (Å²) in [4.78, 5) is 33.4. The van der Waals surface area contributed by atoms with Crippen molar-refractivity contribution >= 4 is 23.2 Å². The molecule has 2 heterocycles. The zero-order valence-electron chi connectivity index (χ0n) is 15.8. The number of aliphatic hydroxyl groups excluding tert-OH is 1. The van der Waals surface area contributed by atoms with E-state index < -0.39 is 18.0 Å². The van der Waals surface area contributed by atoms with E-state index in [1.165, 1.54) is 35.7 Å². The number of aryl methyl sites for hydroxylation is 1. The molecular formula is C21H26N2O4S. The Morgan fingerprint density at radius 2 is 1.82 bits per heavy atom. The van der Waals surface area contributed by atoms with E-state index in [1.54, 1.807) is 41.7 Å². The highest BCUT2D eigenvalue weighted by Crippen LogP contribution is 2.22. The molecule has 0 saturated carbocycles. The zero-order chi connectivity index (χ0) is 19.8. The van der Waals surface area contributed by atoms with Gasteiger partial charge < -0.3 is 9.94 Å². The van der Waals surface area contributed by atoms with Gasteiger partial charge in [0.1, 0.15) is 0 Å². The first-order valence-electron chi connectivity index (χ1n) is 9.63. The van der Waals surface area contributed by atoms with Gasteiger partial charge in [0.25, 0.3) is 5.91 Å². The van der Waals surface area contributed by atoms with Gasteiger partial charge in [-0.3, -0.25) is 9.69 Å². The number of hydroxylamine groups is 1. The number of carbonyl (C=O) groups is 2. The second-order valence-corrected chi connectivity index (χ2v) is 8.27. The van der Waals surface area contributed by atoms with Crippen LogP contribution in [0.4, 0.5) is 0 Å². The van der Waals surface area contributed by atoms with Gasteiger partial charge in [-0.1, -0.05) is 18.2 Å². The normalized spacial score (nSPS) is 15.3. The van der Waals surface area contributed by atoms with Crippen LogP contribution in [-0.4, -0.2) is 41.1 Å². The molecule has 1 fully saturated rings. The molecule has 1 unspecified atom stereocenters.